The fourth-order valence-corrected chi connectivity index (χ4v) is 2.12. The molecule has 0 spiro atoms. The molecule has 1 aromatic heterocycles. The van der Waals surface area contributed by atoms with Gasteiger partial charge in [-0.2, -0.15) is 5.10 Å². The van der Waals surface area contributed by atoms with Crippen molar-refractivity contribution in [3.8, 4) is 17.2 Å². The maximum Gasteiger partial charge on any atom is 0.171 e. The van der Waals surface area contributed by atoms with Crippen molar-refractivity contribution in [2.75, 3.05) is 7.11 Å². The van der Waals surface area contributed by atoms with Gasteiger partial charge in [0.1, 0.15) is 22.8 Å². The molecule has 0 radical (unpaired) electrons. The standard InChI is InChI=1S/C15H18N2O3/c1-9-15(10(2)17(4)16-9)20-13-8-6-7-12(19-5)14(13)11(3)18/h6-8H,1-5H3. The van der Waals surface area contributed by atoms with Crippen molar-refractivity contribution in [1.29, 1.82) is 0 Å². The predicted octanol–water partition coefficient (Wildman–Crippen LogP) is 3.04. The molecular weight excluding hydrogens is 256 g/mol. The van der Waals surface area contributed by atoms with Crippen LogP contribution in [0.2, 0.25) is 0 Å². The molecule has 0 bridgehead atoms. The normalized spacial score (nSPS) is 10.4. The van der Waals surface area contributed by atoms with Crippen LogP contribution in [0.15, 0.2) is 18.2 Å². The summed E-state index contributed by atoms with van der Waals surface area (Å²) in [5.41, 5.74) is 2.12. The molecule has 2 rings (SSSR count). The van der Waals surface area contributed by atoms with Gasteiger partial charge in [0.2, 0.25) is 0 Å². The van der Waals surface area contributed by atoms with E-state index in [-0.39, 0.29) is 5.78 Å². The summed E-state index contributed by atoms with van der Waals surface area (Å²) in [6, 6.07) is 5.29. The third-order valence-corrected chi connectivity index (χ3v) is 3.21. The summed E-state index contributed by atoms with van der Waals surface area (Å²) in [5, 5.41) is 4.30. The highest BCUT2D eigenvalue weighted by molar-refractivity contribution is 5.99. The van der Waals surface area contributed by atoms with Crippen molar-refractivity contribution in [3.05, 3.63) is 35.2 Å². The highest BCUT2D eigenvalue weighted by Crippen LogP contribution is 2.34. The molecule has 5 heteroatoms. The quantitative estimate of drug-likeness (QED) is 0.804. The van der Waals surface area contributed by atoms with E-state index in [4.69, 9.17) is 9.47 Å². The van der Waals surface area contributed by atoms with Gasteiger partial charge < -0.3 is 9.47 Å². The molecule has 0 aliphatic heterocycles. The van der Waals surface area contributed by atoms with E-state index in [9.17, 15) is 4.79 Å². The van der Waals surface area contributed by atoms with E-state index >= 15 is 0 Å². The number of ketones is 1. The lowest BCUT2D eigenvalue weighted by Gasteiger charge is -2.12. The van der Waals surface area contributed by atoms with Gasteiger partial charge in [-0.15, -0.1) is 0 Å². The summed E-state index contributed by atoms with van der Waals surface area (Å²) >= 11 is 0. The molecule has 0 unspecified atom stereocenters. The first-order valence-electron chi connectivity index (χ1n) is 6.31. The molecule has 2 aromatic rings. The lowest BCUT2D eigenvalue weighted by molar-refractivity contribution is 0.101. The Morgan fingerprint density at radius 1 is 1.25 bits per heavy atom. The van der Waals surface area contributed by atoms with Crippen LogP contribution in [0.1, 0.15) is 28.7 Å². The number of hydrogen-bond donors (Lipinski definition) is 0. The second-order valence-corrected chi connectivity index (χ2v) is 4.62. The number of carbonyl (C=O) groups excluding carboxylic acids is 1. The molecule has 5 nitrogen and oxygen atoms in total. The first kappa shape index (κ1) is 14.1. The molecule has 0 saturated carbocycles. The fourth-order valence-electron chi connectivity index (χ4n) is 2.12. The van der Waals surface area contributed by atoms with E-state index in [0.29, 0.717) is 22.8 Å². The molecule has 1 heterocycles. The van der Waals surface area contributed by atoms with Gasteiger partial charge in [-0.1, -0.05) is 6.07 Å². The molecule has 0 aliphatic rings. The monoisotopic (exact) mass is 274 g/mol. The summed E-state index contributed by atoms with van der Waals surface area (Å²) in [6.45, 7) is 5.28. The number of hydrogen-bond acceptors (Lipinski definition) is 4. The third-order valence-electron chi connectivity index (χ3n) is 3.21. The Labute approximate surface area is 118 Å². The Hall–Kier alpha value is -2.30. The minimum absolute atomic E-state index is 0.100. The van der Waals surface area contributed by atoms with Crippen LogP contribution in [-0.2, 0) is 7.05 Å². The Balaban J connectivity index is 2.51. The minimum Gasteiger partial charge on any atom is -0.496 e. The number of methoxy groups -OCH3 is 1. The summed E-state index contributed by atoms with van der Waals surface area (Å²) in [4.78, 5) is 11.8. The zero-order valence-corrected chi connectivity index (χ0v) is 12.4. The van der Waals surface area contributed by atoms with Crippen molar-refractivity contribution in [2.24, 2.45) is 7.05 Å². The number of Topliss-reactive ketones (excluding diaryl/α,β-unsaturated/α-hetero) is 1. The van der Waals surface area contributed by atoms with Gasteiger partial charge in [0.05, 0.1) is 12.8 Å². The first-order valence-corrected chi connectivity index (χ1v) is 6.31. The minimum atomic E-state index is -0.100. The molecule has 20 heavy (non-hydrogen) atoms. The number of aryl methyl sites for hydroxylation is 2. The maximum absolute atomic E-state index is 11.8. The van der Waals surface area contributed by atoms with Gasteiger partial charge >= 0.3 is 0 Å². The van der Waals surface area contributed by atoms with Crippen molar-refractivity contribution >= 4 is 5.78 Å². The first-order chi connectivity index (χ1) is 9.45. The average Bonchev–Trinajstić information content (AvgIpc) is 2.64. The summed E-state index contributed by atoms with van der Waals surface area (Å²) in [6.07, 6.45) is 0. The van der Waals surface area contributed by atoms with Gasteiger partial charge in [0.15, 0.2) is 11.5 Å². The topological polar surface area (TPSA) is 53.4 Å². The predicted molar refractivity (Wildman–Crippen MR) is 75.8 cm³/mol. The van der Waals surface area contributed by atoms with Crippen LogP contribution in [0.4, 0.5) is 0 Å². The van der Waals surface area contributed by atoms with E-state index in [0.717, 1.165) is 11.4 Å². The Morgan fingerprint density at radius 3 is 2.40 bits per heavy atom. The Kier molecular flexibility index (Phi) is 3.79. The van der Waals surface area contributed by atoms with E-state index in [1.54, 1.807) is 22.9 Å². The number of carbonyl (C=O) groups is 1. The Bertz CT molecular complexity index is 659. The largest absolute Gasteiger partial charge is 0.496 e. The van der Waals surface area contributed by atoms with Crippen molar-refractivity contribution in [1.82, 2.24) is 9.78 Å². The van der Waals surface area contributed by atoms with E-state index in [1.165, 1.54) is 14.0 Å². The van der Waals surface area contributed by atoms with Gasteiger partial charge in [0, 0.05) is 7.05 Å². The number of ether oxygens (including phenoxy) is 2. The molecular formula is C15H18N2O3. The fraction of sp³-hybridized carbons (Fsp3) is 0.333. The number of rotatable bonds is 4. The Morgan fingerprint density at radius 2 is 1.90 bits per heavy atom. The summed E-state index contributed by atoms with van der Waals surface area (Å²) in [7, 11) is 3.39. The lowest BCUT2D eigenvalue weighted by atomic mass is 10.1. The number of benzene rings is 1. The molecule has 1 aromatic carbocycles. The zero-order valence-electron chi connectivity index (χ0n) is 12.4. The highest BCUT2D eigenvalue weighted by Gasteiger charge is 2.18. The van der Waals surface area contributed by atoms with Crippen LogP contribution >= 0.6 is 0 Å². The van der Waals surface area contributed by atoms with E-state index in [2.05, 4.69) is 5.10 Å². The molecule has 0 N–H and O–H groups in total. The second kappa shape index (κ2) is 5.36. The molecule has 106 valence electrons. The highest BCUT2D eigenvalue weighted by atomic mass is 16.5. The van der Waals surface area contributed by atoms with Gasteiger partial charge in [-0.25, -0.2) is 0 Å². The average molecular weight is 274 g/mol. The van der Waals surface area contributed by atoms with Crippen LogP contribution in [0.5, 0.6) is 17.2 Å². The van der Waals surface area contributed by atoms with Crippen molar-refractivity contribution in [2.45, 2.75) is 20.8 Å². The van der Waals surface area contributed by atoms with Crippen molar-refractivity contribution < 1.29 is 14.3 Å². The summed E-state index contributed by atoms with van der Waals surface area (Å²) < 4.78 is 12.9. The molecule has 0 amide bonds. The maximum atomic E-state index is 11.8. The van der Waals surface area contributed by atoms with Crippen LogP contribution in [-0.4, -0.2) is 22.7 Å². The van der Waals surface area contributed by atoms with Crippen LogP contribution in [0.25, 0.3) is 0 Å². The third kappa shape index (κ3) is 2.39. The number of aromatic nitrogens is 2. The lowest BCUT2D eigenvalue weighted by Crippen LogP contribution is -2.01. The molecule has 0 atom stereocenters. The molecule has 0 aliphatic carbocycles. The van der Waals surface area contributed by atoms with Gasteiger partial charge in [0.25, 0.3) is 0 Å². The molecule has 0 fully saturated rings. The van der Waals surface area contributed by atoms with Crippen molar-refractivity contribution in [3.63, 3.8) is 0 Å². The zero-order chi connectivity index (χ0) is 14.9. The van der Waals surface area contributed by atoms with Crippen LogP contribution in [0.3, 0.4) is 0 Å². The smallest absolute Gasteiger partial charge is 0.171 e. The van der Waals surface area contributed by atoms with Gasteiger partial charge in [-0.05, 0) is 32.9 Å². The number of nitrogens with zero attached hydrogens (tertiary/aromatic N) is 2. The second-order valence-electron chi connectivity index (χ2n) is 4.62. The summed E-state index contributed by atoms with van der Waals surface area (Å²) in [5.74, 6) is 1.56. The van der Waals surface area contributed by atoms with Crippen LogP contribution in [0, 0.1) is 13.8 Å². The van der Waals surface area contributed by atoms with E-state index < -0.39 is 0 Å². The van der Waals surface area contributed by atoms with E-state index in [1.807, 2.05) is 20.9 Å². The van der Waals surface area contributed by atoms with Crippen LogP contribution < -0.4 is 9.47 Å². The SMILES string of the molecule is COc1cccc(Oc2c(C)nn(C)c2C)c1C(C)=O. The van der Waals surface area contributed by atoms with Gasteiger partial charge in [-0.3, -0.25) is 9.48 Å². The molecule has 0 saturated heterocycles.